The van der Waals surface area contributed by atoms with E-state index in [1.165, 1.54) is 18.3 Å². The SMILES string of the molecule is O=c1ccn(-c2ccc(C(F)(F)F)cn2)c2ccccc12. The lowest BCUT2D eigenvalue weighted by Crippen LogP contribution is -2.09. The van der Waals surface area contributed by atoms with Gasteiger partial charge in [0.05, 0.1) is 11.1 Å². The highest BCUT2D eigenvalue weighted by molar-refractivity contribution is 5.80. The summed E-state index contributed by atoms with van der Waals surface area (Å²) in [4.78, 5) is 15.6. The average molecular weight is 290 g/mol. The molecule has 0 N–H and O–H groups in total. The van der Waals surface area contributed by atoms with Crippen molar-refractivity contribution in [2.45, 2.75) is 6.18 Å². The average Bonchev–Trinajstić information content (AvgIpc) is 2.47. The molecule has 1 aromatic carbocycles. The Morgan fingerprint density at radius 1 is 1.00 bits per heavy atom. The number of para-hydroxylation sites is 1. The van der Waals surface area contributed by atoms with E-state index in [2.05, 4.69) is 4.98 Å². The quantitative estimate of drug-likeness (QED) is 0.688. The Hall–Kier alpha value is -2.63. The minimum absolute atomic E-state index is 0.145. The summed E-state index contributed by atoms with van der Waals surface area (Å²) >= 11 is 0. The summed E-state index contributed by atoms with van der Waals surface area (Å²) < 4.78 is 39.2. The van der Waals surface area contributed by atoms with Crippen molar-refractivity contribution in [2.24, 2.45) is 0 Å². The third-order valence-corrected chi connectivity index (χ3v) is 3.13. The van der Waals surface area contributed by atoms with Crippen LogP contribution in [0.25, 0.3) is 16.7 Å². The topological polar surface area (TPSA) is 34.9 Å². The van der Waals surface area contributed by atoms with E-state index in [9.17, 15) is 18.0 Å². The molecule has 3 rings (SSSR count). The Kier molecular flexibility index (Phi) is 3.01. The van der Waals surface area contributed by atoms with Crippen molar-refractivity contribution in [3.63, 3.8) is 0 Å². The van der Waals surface area contributed by atoms with Crippen molar-refractivity contribution in [2.75, 3.05) is 0 Å². The van der Waals surface area contributed by atoms with Crippen LogP contribution in [-0.2, 0) is 6.18 Å². The minimum Gasteiger partial charge on any atom is -0.301 e. The molecule has 0 fully saturated rings. The first-order valence-corrected chi connectivity index (χ1v) is 6.11. The van der Waals surface area contributed by atoms with Gasteiger partial charge in [0.15, 0.2) is 5.43 Å². The van der Waals surface area contributed by atoms with E-state index in [1.807, 2.05) is 0 Å². The van der Waals surface area contributed by atoms with Crippen molar-refractivity contribution >= 4 is 10.9 Å². The molecule has 6 heteroatoms. The molecular formula is C15H9F3N2O. The smallest absolute Gasteiger partial charge is 0.301 e. The molecule has 3 nitrogen and oxygen atoms in total. The highest BCUT2D eigenvalue weighted by Crippen LogP contribution is 2.28. The molecule has 3 aromatic rings. The zero-order valence-electron chi connectivity index (χ0n) is 10.6. The van der Waals surface area contributed by atoms with Crippen LogP contribution in [0.15, 0.2) is 59.7 Å². The van der Waals surface area contributed by atoms with E-state index < -0.39 is 11.7 Å². The summed E-state index contributed by atoms with van der Waals surface area (Å²) in [6.45, 7) is 0. The van der Waals surface area contributed by atoms with Crippen LogP contribution in [0.1, 0.15) is 5.56 Å². The lowest BCUT2D eigenvalue weighted by atomic mass is 10.2. The lowest BCUT2D eigenvalue weighted by molar-refractivity contribution is -0.137. The van der Waals surface area contributed by atoms with Crippen LogP contribution >= 0.6 is 0 Å². The molecule has 0 saturated carbocycles. The fraction of sp³-hybridized carbons (Fsp3) is 0.0667. The van der Waals surface area contributed by atoms with Gasteiger partial charge in [-0.05, 0) is 24.3 Å². The number of alkyl halides is 3. The van der Waals surface area contributed by atoms with E-state index >= 15 is 0 Å². The highest BCUT2D eigenvalue weighted by Gasteiger charge is 2.30. The first kappa shape index (κ1) is 13.4. The Labute approximate surface area is 117 Å². The molecule has 0 saturated heterocycles. The molecule has 0 aliphatic carbocycles. The molecule has 0 spiro atoms. The summed E-state index contributed by atoms with van der Waals surface area (Å²) in [6, 6.07) is 10.5. The maximum Gasteiger partial charge on any atom is 0.417 e. The van der Waals surface area contributed by atoms with Crippen molar-refractivity contribution < 1.29 is 13.2 Å². The van der Waals surface area contributed by atoms with Crippen LogP contribution in [0.3, 0.4) is 0 Å². The maximum absolute atomic E-state index is 12.5. The predicted octanol–water partition coefficient (Wildman–Crippen LogP) is 3.40. The maximum atomic E-state index is 12.5. The molecular weight excluding hydrogens is 281 g/mol. The number of nitrogens with zero attached hydrogens (tertiary/aromatic N) is 2. The summed E-state index contributed by atoms with van der Waals surface area (Å²) in [7, 11) is 0. The number of fused-ring (bicyclic) bond motifs is 1. The molecule has 0 bridgehead atoms. The van der Waals surface area contributed by atoms with Gasteiger partial charge >= 0.3 is 6.18 Å². The molecule has 2 heterocycles. The van der Waals surface area contributed by atoms with E-state index in [0.717, 1.165) is 12.3 Å². The van der Waals surface area contributed by atoms with Crippen molar-refractivity contribution in [3.8, 4) is 5.82 Å². The van der Waals surface area contributed by atoms with Gasteiger partial charge in [-0.1, -0.05) is 12.1 Å². The summed E-state index contributed by atoms with van der Waals surface area (Å²) in [6.07, 6.45) is -2.14. The Balaban J connectivity index is 2.17. The Morgan fingerprint density at radius 3 is 2.43 bits per heavy atom. The summed E-state index contributed by atoms with van der Waals surface area (Å²) in [5.41, 5.74) is -0.359. The Morgan fingerprint density at radius 2 is 1.76 bits per heavy atom. The lowest BCUT2D eigenvalue weighted by Gasteiger charge is -2.11. The fourth-order valence-electron chi connectivity index (χ4n) is 2.10. The van der Waals surface area contributed by atoms with Gasteiger partial charge in [-0.15, -0.1) is 0 Å². The second kappa shape index (κ2) is 4.73. The molecule has 0 aliphatic rings. The van der Waals surface area contributed by atoms with Crippen LogP contribution in [0, 0.1) is 0 Å². The predicted molar refractivity (Wildman–Crippen MR) is 72.3 cm³/mol. The van der Waals surface area contributed by atoms with Crippen LogP contribution in [-0.4, -0.2) is 9.55 Å². The minimum atomic E-state index is -4.42. The first-order chi connectivity index (χ1) is 9.97. The van der Waals surface area contributed by atoms with Gasteiger partial charge in [0.1, 0.15) is 5.82 Å². The number of pyridine rings is 2. The van der Waals surface area contributed by atoms with E-state index in [4.69, 9.17) is 0 Å². The van der Waals surface area contributed by atoms with Gasteiger partial charge in [0.25, 0.3) is 0 Å². The molecule has 106 valence electrons. The van der Waals surface area contributed by atoms with E-state index in [1.54, 1.807) is 28.8 Å². The third kappa shape index (κ3) is 2.40. The van der Waals surface area contributed by atoms with Crippen molar-refractivity contribution in [3.05, 3.63) is 70.6 Å². The Bertz CT molecular complexity index is 851. The van der Waals surface area contributed by atoms with Crippen molar-refractivity contribution in [1.29, 1.82) is 0 Å². The largest absolute Gasteiger partial charge is 0.417 e. The number of hydrogen-bond donors (Lipinski definition) is 0. The van der Waals surface area contributed by atoms with Gasteiger partial charge in [0.2, 0.25) is 0 Å². The van der Waals surface area contributed by atoms with Crippen LogP contribution < -0.4 is 5.43 Å². The van der Waals surface area contributed by atoms with Crippen LogP contribution in [0.2, 0.25) is 0 Å². The standard InChI is InChI=1S/C15H9F3N2O/c16-15(17,18)10-5-6-14(19-9-10)20-8-7-13(21)11-3-1-2-4-12(11)20/h1-9H. The molecule has 0 amide bonds. The summed E-state index contributed by atoms with van der Waals surface area (Å²) in [5, 5.41) is 0.488. The van der Waals surface area contributed by atoms with Gasteiger partial charge in [-0.2, -0.15) is 13.2 Å². The van der Waals surface area contributed by atoms with E-state index in [-0.39, 0.29) is 5.43 Å². The number of aromatic nitrogens is 2. The monoisotopic (exact) mass is 290 g/mol. The molecule has 0 aliphatic heterocycles. The van der Waals surface area contributed by atoms with Gasteiger partial charge in [-0.25, -0.2) is 4.98 Å². The second-order valence-electron chi connectivity index (χ2n) is 4.47. The van der Waals surface area contributed by atoms with Gasteiger partial charge in [-0.3, -0.25) is 4.79 Å². The zero-order valence-corrected chi connectivity index (χ0v) is 10.6. The van der Waals surface area contributed by atoms with E-state index in [0.29, 0.717) is 16.7 Å². The van der Waals surface area contributed by atoms with Gasteiger partial charge < -0.3 is 4.57 Å². The normalized spacial score (nSPS) is 11.8. The number of benzene rings is 1. The number of hydrogen-bond acceptors (Lipinski definition) is 2. The molecule has 21 heavy (non-hydrogen) atoms. The third-order valence-electron chi connectivity index (χ3n) is 3.13. The molecule has 0 unspecified atom stereocenters. The molecule has 0 radical (unpaired) electrons. The van der Waals surface area contributed by atoms with Crippen LogP contribution in [0.4, 0.5) is 13.2 Å². The van der Waals surface area contributed by atoms with Gasteiger partial charge in [0, 0.05) is 23.8 Å². The van der Waals surface area contributed by atoms with Crippen LogP contribution in [0.5, 0.6) is 0 Å². The zero-order chi connectivity index (χ0) is 15.0. The fourth-order valence-corrected chi connectivity index (χ4v) is 2.10. The highest BCUT2D eigenvalue weighted by atomic mass is 19.4. The van der Waals surface area contributed by atoms with Crippen molar-refractivity contribution in [1.82, 2.24) is 9.55 Å². The number of halogens is 3. The second-order valence-corrected chi connectivity index (χ2v) is 4.47. The summed E-state index contributed by atoms with van der Waals surface area (Å²) in [5.74, 6) is 0.319. The number of rotatable bonds is 1. The molecule has 2 aromatic heterocycles. The molecule has 0 atom stereocenters. The first-order valence-electron chi connectivity index (χ1n) is 6.11.